The Labute approximate surface area is 71.8 Å². The van der Waals surface area contributed by atoms with Gasteiger partial charge in [0.15, 0.2) is 0 Å². The summed E-state index contributed by atoms with van der Waals surface area (Å²) >= 11 is 0. The molecule has 0 aliphatic heterocycles. The van der Waals surface area contributed by atoms with Crippen molar-refractivity contribution in [1.29, 1.82) is 0 Å². The molecular formula is C9H11N3. The van der Waals surface area contributed by atoms with Crippen molar-refractivity contribution in [3.05, 3.63) is 29.6 Å². The van der Waals surface area contributed by atoms with Gasteiger partial charge in [-0.2, -0.15) is 0 Å². The van der Waals surface area contributed by atoms with Gasteiger partial charge in [0.2, 0.25) is 0 Å². The fourth-order valence-electron chi connectivity index (χ4n) is 0.893. The Morgan fingerprint density at radius 2 is 2.42 bits per heavy atom. The van der Waals surface area contributed by atoms with Gasteiger partial charge >= 0.3 is 0 Å². The quantitative estimate of drug-likeness (QED) is 0.601. The molecule has 0 spiro atoms. The molecule has 0 amide bonds. The number of nitrogens with zero attached hydrogens (tertiary/aromatic N) is 1. The van der Waals surface area contributed by atoms with E-state index in [0.717, 1.165) is 5.56 Å². The van der Waals surface area contributed by atoms with Crippen LogP contribution in [-0.2, 0) is 0 Å². The first-order valence-corrected chi connectivity index (χ1v) is 3.66. The molecule has 3 heteroatoms. The second-order valence-electron chi connectivity index (χ2n) is 2.46. The van der Waals surface area contributed by atoms with Crippen molar-refractivity contribution in [2.75, 3.05) is 6.54 Å². The molecule has 0 fully saturated rings. The second kappa shape index (κ2) is 3.86. The zero-order chi connectivity index (χ0) is 8.97. The van der Waals surface area contributed by atoms with Crippen LogP contribution in [0, 0.1) is 12.3 Å². The van der Waals surface area contributed by atoms with Crippen molar-refractivity contribution in [3.63, 3.8) is 0 Å². The molecule has 0 radical (unpaired) electrons. The zero-order valence-electron chi connectivity index (χ0n) is 6.70. The van der Waals surface area contributed by atoms with Gasteiger partial charge in [0.1, 0.15) is 5.69 Å². The first kappa shape index (κ1) is 8.72. The molecule has 0 saturated carbocycles. The highest BCUT2D eigenvalue weighted by Crippen LogP contribution is 2.08. The normalized spacial score (nSPS) is 12.1. The van der Waals surface area contributed by atoms with Gasteiger partial charge < -0.3 is 11.5 Å². The first-order chi connectivity index (χ1) is 5.77. The number of aromatic nitrogens is 1. The van der Waals surface area contributed by atoms with E-state index in [9.17, 15) is 0 Å². The van der Waals surface area contributed by atoms with Crippen molar-refractivity contribution in [2.45, 2.75) is 6.04 Å². The van der Waals surface area contributed by atoms with Gasteiger partial charge in [0.25, 0.3) is 0 Å². The van der Waals surface area contributed by atoms with Gasteiger partial charge in [-0.15, -0.1) is 6.42 Å². The van der Waals surface area contributed by atoms with E-state index < -0.39 is 0 Å². The monoisotopic (exact) mass is 161 g/mol. The number of terminal acetylenes is 1. The second-order valence-corrected chi connectivity index (χ2v) is 2.46. The van der Waals surface area contributed by atoms with E-state index in [0.29, 0.717) is 12.2 Å². The van der Waals surface area contributed by atoms with Crippen LogP contribution in [0.1, 0.15) is 17.3 Å². The largest absolute Gasteiger partial charge is 0.329 e. The van der Waals surface area contributed by atoms with Crippen molar-refractivity contribution < 1.29 is 0 Å². The van der Waals surface area contributed by atoms with Crippen LogP contribution in [0.5, 0.6) is 0 Å². The molecule has 62 valence electrons. The standard InChI is InChI=1S/C9H11N3/c1-2-8-5-7(3-4-12-8)9(11)6-10/h1,3-5,9H,6,10-11H2/t9-/m1/s1. The minimum absolute atomic E-state index is 0.153. The third-order valence-corrected chi connectivity index (χ3v) is 1.61. The van der Waals surface area contributed by atoms with Gasteiger partial charge in [-0.3, -0.25) is 0 Å². The number of pyridine rings is 1. The van der Waals surface area contributed by atoms with E-state index in [1.807, 2.05) is 6.07 Å². The van der Waals surface area contributed by atoms with Crippen LogP contribution >= 0.6 is 0 Å². The molecule has 1 heterocycles. The molecule has 0 saturated heterocycles. The Morgan fingerprint density at radius 1 is 1.67 bits per heavy atom. The molecule has 12 heavy (non-hydrogen) atoms. The van der Waals surface area contributed by atoms with Crippen molar-refractivity contribution in [1.82, 2.24) is 4.98 Å². The summed E-state index contributed by atoms with van der Waals surface area (Å²) in [6.45, 7) is 0.411. The van der Waals surface area contributed by atoms with Crippen LogP contribution in [-0.4, -0.2) is 11.5 Å². The van der Waals surface area contributed by atoms with E-state index in [4.69, 9.17) is 17.9 Å². The summed E-state index contributed by atoms with van der Waals surface area (Å²) in [5, 5.41) is 0. The number of nitrogens with two attached hydrogens (primary N) is 2. The van der Waals surface area contributed by atoms with Gasteiger partial charge in [-0.1, -0.05) is 5.92 Å². The lowest BCUT2D eigenvalue weighted by Gasteiger charge is -2.07. The van der Waals surface area contributed by atoms with E-state index in [2.05, 4.69) is 10.9 Å². The SMILES string of the molecule is C#Cc1cc([C@H](N)CN)ccn1. The summed E-state index contributed by atoms with van der Waals surface area (Å²) in [6, 6.07) is 3.44. The summed E-state index contributed by atoms with van der Waals surface area (Å²) in [4.78, 5) is 3.94. The number of hydrogen-bond donors (Lipinski definition) is 2. The van der Waals surface area contributed by atoms with E-state index in [1.165, 1.54) is 0 Å². The maximum absolute atomic E-state index is 5.70. The molecule has 0 aliphatic carbocycles. The highest BCUT2D eigenvalue weighted by atomic mass is 14.7. The summed E-state index contributed by atoms with van der Waals surface area (Å²) in [7, 11) is 0. The van der Waals surface area contributed by atoms with Crippen LogP contribution in [0.15, 0.2) is 18.3 Å². The van der Waals surface area contributed by atoms with E-state index in [1.54, 1.807) is 12.3 Å². The summed E-state index contributed by atoms with van der Waals surface area (Å²) < 4.78 is 0. The maximum atomic E-state index is 5.70. The van der Waals surface area contributed by atoms with Crippen molar-refractivity contribution in [2.24, 2.45) is 11.5 Å². The lowest BCUT2D eigenvalue weighted by Crippen LogP contribution is -2.20. The van der Waals surface area contributed by atoms with Crippen LogP contribution < -0.4 is 11.5 Å². The van der Waals surface area contributed by atoms with Crippen LogP contribution in [0.25, 0.3) is 0 Å². The zero-order valence-corrected chi connectivity index (χ0v) is 6.70. The Kier molecular flexibility index (Phi) is 2.81. The van der Waals surface area contributed by atoms with Crippen molar-refractivity contribution >= 4 is 0 Å². The minimum atomic E-state index is -0.153. The molecule has 1 aromatic rings. The molecule has 0 aromatic carbocycles. The topological polar surface area (TPSA) is 64.9 Å². The van der Waals surface area contributed by atoms with Gasteiger partial charge in [-0.25, -0.2) is 4.98 Å². The average molecular weight is 161 g/mol. The molecule has 3 nitrogen and oxygen atoms in total. The Hall–Kier alpha value is -1.37. The molecule has 1 aromatic heterocycles. The third-order valence-electron chi connectivity index (χ3n) is 1.61. The molecule has 0 bridgehead atoms. The van der Waals surface area contributed by atoms with E-state index >= 15 is 0 Å². The van der Waals surface area contributed by atoms with Crippen LogP contribution in [0.2, 0.25) is 0 Å². The predicted octanol–water partition coefficient (Wildman–Crippen LogP) is 0.0214. The molecule has 0 aliphatic rings. The molecule has 4 N–H and O–H groups in total. The Balaban J connectivity index is 2.95. The van der Waals surface area contributed by atoms with Gasteiger partial charge in [-0.05, 0) is 17.7 Å². The maximum Gasteiger partial charge on any atom is 0.113 e. The van der Waals surface area contributed by atoms with Crippen LogP contribution in [0.3, 0.4) is 0 Å². The Morgan fingerprint density at radius 3 is 3.00 bits per heavy atom. The number of hydrogen-bond acceptors (Lipinski definition) is 3. The smallest absolute Gasteiger partial charge is 0.113 e. The molecule has 0 unspecified atom stereocenters. The molecule has 1 rings (SSSR count). The number of rotatable bonds is 2. The first-order valence-electron chi connectivity index (χ1n) is 3.66. The van der Waals surface area contributed by atoms with Crippen molar-refractivity contribution in [3.8, 4) is 12.3 Å². The average Bonchev–Trinajstić information content (AvgIpc) is 2.17. The van der Waals surface area contributed by atoms with Crippen LogP contribution in [0.4, 0.5) is 0 Å². The summed E-state index contributed by atoms with van der Waals surface area (Å²) in [5.74, 6) is 2.44. The summed E-state index contributed by atoms with van der Waals surface area (Å²) in [6.07, 6.45) is 6.81. The predicted molar refractivity (Wildman–Crippen MR) is 48.2 cm³/mol. The fourth-order valence-corrected chi connectivity index (χ4v) is 0.893. The highest BCUT2D eigenvalue weighted by Gasteiger charge is 2.02. The van der Waals surface area contributed by atoms with E-state index in [-0.39, 0.29) is 6.04 Å². The summed E-state index contributed by atoms with van der Waals surface area (Å²) in [5.41, 5.74) is 12.6. The molecule has 1 atom stereocenters. The third kappa shape index (κ3) is 1.82. The minimum Gasteiger partial charge on any atom is -0.329 e. The molecular weight excluding hydrogens is 150 g/mol. The fraction of sp³-hybridized carbons (Fsp3) is 0.222. The Bertz CT molecular complexity index is 301. The van der Waals surface area contributed by atoms with Gasteiger partial charge in [0.05, 0.1) is 0 Å². The van der Waals surface area contributed by atoms with Gasteiger partial charge in [0, 0.05) is 18.8 Å². The highest BCUT2D eigenvalue weighted by molar-refractivity contribution is 5.29. The lowest BCUT2D eigenvalue weighted by molar-refractivity contribution is 0.735. The lowest BCUT2D eigenvalue weighted by atomic mass is 10.1.